The van der Waals surface area contributed by atoms with E-state index in [0.29, 0.717) is 25.9 Å². The number of fused-ring (bicyclic) bond motifs is 1. The van der Waals surface area contributed by atoms with Crippen LogP contribution in [0.4, 0.5) is 13.6 Å². The third-order valence-corrected chi connectivity index (χ3v) is 6.08. The van der Waals surface area contributed by atoms with Gasteiger partial charge >= 0.3 is 6.03 Å². The van der Waals surface area contributed by atoms with Crippen LogP contribution >= 0.6 is 0 Å². The molecule has 6 nitrogen and oxygen atoms in total. The fourth-order valence-corrected chi connectivity index (χ4v) is 4.43. The zero-order valence-electron chi connectivity index (χ0n) is 17.6. The van der Waals surface area contributed by atoms with E-state index in [1.165, 1.54) is 0 Å². The summed E-state index contributed by atoms with van der Waals surface area (Å²) in [7, 11) is 0. The van der Waals surface area contributed by atoms with Crippen LogP contribution in [0.3, 0.4) is 0 Å². The van der Waals surface area contributed by atoms with Crippen LogP contribution in [0.15, 0.2) is 24.4 Å². The number of piperidine rings is 1. The van der Waals surface area contributed by atoms with E-state index in [0.717, 1.165) is 29.5 Å². The highest BCUT2D eigenvalue weighted by Crippen LogP contribution is 2.33. The number of ether oxygens (including phenoxy) is 1. The van der Waals surface area contributed by atoms with Crippen molar-refractivity contribution >= 4 is 16.9 Å². The Kier molecular flexibility index (Phi) is 5.84. The van der Waals surface area contributed by atoms with Gasteiger partial charge in [-0.3, -0.25) is 4.68 Å². The van der Waals surface area contributed by atoms with E-state index in [1.54, 1.807) is 4.90 Å². The van der Waals surface area contributed by atoms with Crippen LogP contribution in [-0.2, 0) is 0 Å². The first-order chi connectivity index (χ1) is 14.3. The zero-order valence-corrected chi connectivity index (χ0v) is 17.6. The van der Waals surface area contributed by atoms with Crippen LogP contribution in [0.25, 0.3) is 10.9 Å². The van der Waals surface area contributed by atoms with Crippen molar-refractivity contribution in [2.24, 2.45) is 0 Å². The van der Waals surface area contributed by atoms with Crippen molar-refractivity contribution in [2.75, 3.05) is 13.1 Å². The maximum atomic E-state index is 13.3. The number of carbonyl (C=O) groups is 1. The number of carbonyl (C=O) groups excluding carboxylic acids is 1. The van der Waals surface area contributed by atoms with Gasteiger partial charge < -0.3 is 15.0 Å². The van der Waals surface area contributed by atoms with Crippen LogP contribution in [0.1, 0.15) is 58.4 Å². The normalized spacial score (nSPS) is 20.6. The maximum absolute atomic E-state index is 13.3. The monoisotopic (exact) mass is 420 g/mol. The first-order valence-corrected chi connectivity index (χ1v) is 10.9. The van der Waals surface area contributed by atoms with Gasteiger partial charge in [0.1, 0.15) is 5.75 Å². The molecule has 1 aromatic carbocycles. The zero-order chi connectivity index (χ0) is 21.3. The van der Waals surface area contributed by atoms with Gasteiger partial charge in [-0.2, -0.15) is 5.10 Å². The van der Waals surface area contributed by atoms with Crippen molar-refractivity contribution in [3.8, 4) is 5.75 Å². The summed E-state index contributed by atoms with van der Waals surface area (Å²) in [5, 5.41) is 8.58. The highest BCUT2D eigenvalue weighted by atomic mass is 19.3. The van der Waals surface area contributed by atoms with Gasteiger partial charge in [0.2, 0.25) is 5.92 Å². The number of nitrogens with zero attached hydrogens (tertiary/aromatic N) is 3. The summed E-state index contributed by atoms with van der Waals surface area (Å²) in [6, 6.07) is 5.97. The molecule has 1 aliphatic carbocycles. The summed E-state index contributed by atoms with van der Waals surface area (Å²) in [6.45, 7) is 5.27. The predicted molar refractivity (Wildman–Crippen MR) is 111 cm³/mol. The number of amides is 2. The van der Waals surface area contributed by atoms with Crippen molar-refractivity contribution in [1.29, 1.82) is 0 Å². The van der Waals surface area contributed by atoms with Gasteiger partial charge in [-0.1, -0.05) is 0 Å². The standard InChI is InChI=1S/C22H30F2N4O2/c1-15(2)30-19-3-4-20-16(13-19)14-25-28(20)18-7-11-27(12-8-18)21(29)26-17-5-9-22(23,24)10-6-17/h3-4,13-15,17-18H,5-12H2,1-2H3,(H,26,29). The van der Waals surface area contributed by atoms with Gasteiger partial charge in [-0.05, 0) is 57.7 Å². The topological polar surface area (TPSA) is 59.4 Å². The van der Waals surface area contributed by atoms with Crippen LogP contribution in [0.2, 0.25) is 0 Å². The molecule has 0 spiro atoms. The van der Waals surface area contributed by atoms with E-state index >= 15 is 0 Å². The van der Waals surface area contributed by atoms with Crippen molar-refractivity contribution in [2.45, 2.75) is 76.5 Å². The molecule has 164 valence electrons. The lowest BCUT2D eigenvalue weighted by Gasteiger charge is -2.35. The van der Waals surface area contributed by atoms with Gasteiger partial charge in [-0.15, -0.1) is 0 Å². The smallest absolute Gasteiger partial charge is 0.317 e. The van der Waals surface area contributed by atoms with E-state index in [1.807, 2.05) is 42.9 Å². The number of urea groups is 1. The minimum Gasteiger partial charge on any atom is -0.491 e. The Labute approximate surface area is 175 Å². The molecule has 2 aliphatic rings. The summed E-state index contributed by atoms with van der Waals surface area (Å²) in [6.07, 6.45) is 4.02. The van der Waals surface area contributed by atoms with Crippen LogP contribution < -0.4 is 10.1 Å². The van der Waals surface area contributed by atoms with E-state index < -0.39 is 5.92 Å². The van der Waals surface area contributed by atoms with E-state index in [4.69, 9.17) is 4.74 Å². The Morgan fingerprint density at radius 3 is 2.57 bits per heavy atom. The highest BCUT2D eigenvalue weighted by Gasteiger charge is 2.36. The summed E-state index contributed by atoms with van der Waals surface area (Å²) >= 11 is 0. The van der Waals surface area contributed by atoms with Crippen LogP contribution in [0, 0.1) is 0 Å². The second kappa shape index (κ2) is 8.40. The Bertz CT molecular complexity index is 880. The molecule has 2 amide bonds. The molecule has 0 atom stereocenters. The number of alkyl halides is 2. The molecule has 1 aliphatic heterocycles. The number of rotatable bonds is 4. The lowest BCUT2D eigenvalue weighted by atomic mass is 9.92. The quantitative estimate of drug-likeness (QED) is 0.777. The molecule has 2 fully saturated rings. The molecule has 0 unspecified atom stereocenters. The molecule has 1 saturated carbocycles. The molecular weight excluding hydrogens is 390 g/mol. The Morgan fingerprint density at radius 1 is 1.20 bits per heavy atom. The Balaban J connectivity index is 1.32. The minimum absolute atomic E-state index is 0.123. The van der Waals surface area contributed by atoms with Crippen molar-refractivity contribution in [1.82, 2.24) is 20.0 Å². The van der Waals surface area contributed by atoms with Crippen molar-refractivity contribution < 1.29 is 18.3 Å². The lowest BCUT2D eigenvalue weighted by molar-refractivity contribution is -0.0398. The van der Waals surface area contributed by atoms with Crippen molar-refractivity contribution in [3.63, 3.8) is 0 Å². The van der Waals surface area contributed by atoms with Crippen molar-refractivity contribution in [3.05, 3.63) is 24.4 Å². The van der Waals surface area contributed by atoms with Crippen LogP contribution in [-0.4, -0.2) is 51.9 Å². The average molecular weight is 421 g/mol. The second-order valence-electron chi connectivity index (χ2n) is 8.77. The summed E-state index contributed by atoms with van der Waals surface area (Å²) in [5.74, 6) is -1.74. The molecule has 2 heterocycles. The maximum Gasteiger partial charge on any atom is 0.317 e. The number of nitrogens with one attached hydrogen (secondary N) is 1. The molecule has 1 aromatic heterocycles. The van der Waals surface area contributed by atoms with Gasteiger partial charge in [0.05, 0.1) is 23.9 Å². The fraction of sp³-hybridized carbons (Fsp3) is 0.636. The largest absolute Gasteiger partial charge is 0.491 e. The summed E-state index contributed by atoms with van der Waals surface area (Å²) < 4.78 is 34.4. The molecule has 4 rings (SSSR count). The number of hydrogen-bond acceptors (Lipinski definition) is 3. The molecule has 2 aromatic rings. The average Bonchev–Trinajstić information content (AvgIpc) is 3.12. The lowest BCUT2D eigenvalue weighted by Crippen LogP contribution is -2.49. The van der Waals surface area contributed by atoms with Gasteiger partial charge in [0.25, 0.3) is 0 Å². The summed E-state index contributed by atoms with van der Waals surface area (Å²) in [4.78, 5) is 14.3. The predicted octanol–water partition coefficient (Wildman–Crippen LogP) is 4.75. The molecule has 8 heteroatoms. The Hall–Kier alpha value is -2.38. The molecule has 30 heavy (non-hydrogen) atoms. The number of halogens is 2. The highest BCUT2D eigenvalue weighted by molar-refractivity contribution is 5.80. The second-order valence-corrected chi connectivity index (χ2v) is 8.77. The summed E-state index contributed by atoms with van der Waals surface area (Å²) in [5.41, 5.74) is 1.07. The first-order valence-electron chi connectivity index (χ1n) is 10.9. The van der Waals surface area contributed by atoms with Gasteiger partial charge in [0.15, 0.2) is 0 Å². The first kappa shape index (κ1) is 20.9. The molecule has 1 N–H and O–H groups in total. The number of aromatic nitrogens is 2. The SMILES string of the molecule is CC(C)Oc1ccc2c(cnn2C2CCN(C(=O)NC3CCC(F)(F)CC3)CC2)c1. The number of likely N-dealkylation sites (tertiary alicyclic amines) is 1. The molecule has 0 bridgehead atoms. The van der Waals surface area contributed by atoms with Gasteiger partial charge in [-0.25, -0.2) is 13.6 Å². The minimum atomic E-state index is -2.58. The van der Waals surface area contributed by atoms with Gasteiger partial charge in [0, 0.05) is 37.4 Å². The molecular formula is C22H30F2N4O2. The molecule has 0 radical (unpaired) electrons. The number of hydrogen-bond donors (Lipinski definition) is 1. The number of benzene rings is 1. The Morgan fingerprint density at radius 2 is 1.90 bits per heavy atom. The third kappa shape index (κ3) is 4.68. The molecule has 1 saturated heterocycles. The van der Waals surface area contributed by atoms with Crippen LogP contribution in [0.5, 0.6) is 5.75 Å². The van der Waals surface area contributed by atoms with E-state index in [9.17, 15) is 13.6 Å². The van der Waals surface area contributed by atoms with E-state index in [-0.39, 0.29) is 37.1 Å². The van der Waals surface area contributed by atoms with E-state index in [2.05, 4.69) is 10.4 Å². The third-order valence-electron chi connectivity index (χ3n) is 6.08. The fourth-order valence-electron chi connectivity index (χ4n) is 4.43.